The quantitative estimate of drug-likeness (QED) is 0.726. The van der Waals surface area contributed by atoms with Gasteiger partial charge in [0.15, 0.2) is 0 Å². The number of carbonyl (C=O) groups is 1. The number of methoxy groups -OCH3 is 1. The first kappa shape index (κ1) is 18.0. The van der Waals surface area contributed by atoms with Gasteiger partial charge in [-0.25, -0.2) is 0 Å². The summed E-state index contributed by atoms with van der Waals surface area (Å²) in [5.41, 5.74) is 0. The molecule has 1 unspecified atom stereocenters. The van der Waals surface area contributed by atoms with Crippen LogP contribution in [0.15, 0.2) is 18.2 Å². The number of carbonyl (C=O) groups excluding carboxylic acids is 1. The molecule has 0 aliphatic heterocycles. The number of nitrogens with one attached hydrogen (secondary N) is 1. The molecule has 0 aromatic heterocycles. The van der Waals surface area contributed by atoms with Gasteiger partial charge in [0.05, 0.1) is 35.7 Å². The summed E-state index contributed by atoms with van der Waals surface area (Å²) < 4.78 is 10.4. The Kier molecular flexibility index (Phi) is 8.45. The van der Waals surface area contributed by atoms with Gasteiger partial charge in [-0.3, -0.25) is 4.79 Å². The number of amides is 1. The van der Waals surface area contributed by atoms with Gasteiger partial charge in [0, 0.05) is 19.8 Å². The van der Waals surface area contributed by atoms with Crippen molar-refractivity contribution in [1.82, 2.24) is 5.32 Å². The van der Waals surface area contributed by atoms with Gasteiger partial charge in [0.1, 0.15) is 5.75 Å². The number of aliphatic hydroxyl groups is 1. The molecule has 1 atom stereocenters. The Hall–Kier alpha value is -1.01. The van der Waals surface area contributed by atoms with Gasteiger partial charge in [-0.2, -0.15) is 0 Å². The third-order valence-electron chi connectivity index (χ3n) is 2.70. The van der Waals surface area contributed by atoms with Crippen LogP contribution in [0.1, 0.15) is 12.8 Å². The van der Waals surface area contributed by atoms with Crippen molar-refractivity contribution in [3.63, 3.8) is 0 Å². The van der Waals surface area contributed by atoms with Gasteiger partial charge in [-0.1, -0.05) is 23.2 Å². The second kappa shape index (κ2) is 9.84. The van der Waals surface area contributed by atoms with Crippen LogP contribution in [0.5, 0.6) is 5.75 Å². The van der Waals surface area contributed by atoms with Crippen LogP contribution in [0.25, 0.3) is 0 Å². The van der Waals surface area contributed by atoms with E-state index < -0.39 is 0 Å². The monoisotopic (exact) mass is 335 g/mol. The smallest absolute Gasteiger partial charge is 0.223 e. The molecule has 0 aliphatic carbocycles. The molecule has 0 aliphatic rings. The van der Waals surface area contributed by atoms with E-state index in [2.05, 4.69) is 5.32 Å². The van der Waals surface area contributed by atoms with E-state index in [1.807, 2.05) is 0 Å². The molecule has 2 N–H and O–H groups in total. The lowest BCUT2D eigenvalue weighted by atomic mass is 10.2. The highest BCUT2D eigenvalue weighted by atomic mass is 35.5. The maximum Gasteiger partial charge on any atom is 0.223 e. The largest absolute Gasteiger partial charge is 0.493 e. The van der Waals surface area contributed by atoms with Crippen molar-refractivity contribution in [3.8, 4) is 5.75 Å². The lowest BCUT2D eigenvalue weighted by Gasteiger charge is -2.16. The Balaban J connectivity index is 2.33. The molecule has 7 heteroatoms. The summed E-state index contributed by atoms with van der Waals surface area (Å²) in [6, 6.07) is 4.72. The van der Waals surface area contributed by atoms with Crippen molar-refractivity contribution in [3.05, 3.63) is 28.2 Å². The summed E-state index contributed by atoms with van der Waals surface area (Å²) in [5, 5.41) is 12.5. The van der Waals surface area contributed by atoms with E-state index in [0.29, 0.717) is 28.8 Å². The average molecular weight is 336 g/mol. The summed E-state index contributed by atoms with van der Waals surface area (Å²) >= 11 is 11.7. The zero-order valence-corrected chi connectivity index (χ0v) is 13.3. The molecular weight excluding hydrogens is 317 g/mol. The van der Waals surface area contributed by atoms with E-state index in [1.165, 1.54) is 0 Å². The minimum Gasteiger partial charge on any atom is -0.493 e. The highest BCUT2D eigenvalue weighted by molar-refractivity contribution is 6.42. The zero-order valence-electron chi connectivity index (χ0n) is 11.8. The second-order valence-corrected chi connectivity index (χ2v) is 5.22. The molecule has 21 heavy (non-hydrogen) atoms. The van der Waals surface area contributed by atoms with Crippen LogP contribution in [0, 0.1) is 0 Å². The third-order valence-corrected chi connectivity index (χ3v) is 3.44. The number of benzene rings is 1. The van der Waals surface area contributed by atoms with Crippen LogP contribution in [-0.2, 0) is 9.53 Å². The molecule has 5 nitrogen and oxygen atoms in total. The van der Waals surface area contributed by atoms with Crippen LogP contribution in [0.4, 0.5) is 0 Å². The Bertz CT molecular complexity index is 451. The summed E-state index contributed by atoms with van der Waals surface area (Å²) in [4.78, 5) is 11.7. The van der Waals surface area contributed by atoms with Gasteiger partial charge in [-0.05, 0) is 18.6 Å². The molecule has 0 saturated heterocycles. The van der Waals surface area contributed by atoms with Crippen molar-refractivity contribution < 1.29 is 19.4 Å². The number of aliphatic hydroxyl groups excluding tert-OH is 1. The molecule has 118 valence electrons. The van der Waals surface area contributed by atoms with Crippen molar-refractivity contribution >= 4 is 29.1 Å². The highest BCUT2D eigenvalue weighted by Gasteiger charge is 2.11. The first-order valence-corrected chi connectivity index (χ1v) is 7.29. The lowest BCUT2D eigenvalue weighted by Crippen LogP contribution is -2.39. The molecule has 1 aromatic carbocycles. The predicted octanol–water partition coefficient (Wildman–Crippen LogP) is 2.28. The van der Waals surface area contributed by atoms with Crippen LogP contribution in [-0.4, -0.2) is 44.0 Å². The van der Waals surface area contributed by atoms with E-state index in [0.717, 1.165) is 0 Å². The summed E-state index contributed by atoms with van der Waals surface area (Å²) in [6.07, 6.45) is 0.652. The van der Waals surface area contributed by atoms with Crippen LogP contribution in [0.3, 0.4) is 0 Å². The molecule has 1 amide bonds. The highest BCUT2D eigenvalue weighted by Crippen LogP contribution is 2.26. The minimum atomic E-state index is -0.197. The molecule has 0 saturated carbocycles. The normalized spacial score (nSPS) is 12.0. The molecule has 0 radical (unpaired) electrons. The maximum absolute atomic E-state index is 11.7. The van der Waals surface area contributed by atoms with Crippen molar-refractivity contribution in [2.45, 2.75) is 18.9 Å². The Labute approximate surface area is 134 Å². The number of halogens is 2. The summed E-state index contributed by atoms with van der Waals surface area (Å²) in [5.74, 6) is 0.395. The molecular formula is C14H19Cl2NO4. The molecule has 0 fully saturated rings. The fourth-order valence-electron chi connectivity index (χ4n) is 1.68. The van der Waals surface area contributed by atoms with E-state index in [9.17, 15) is 4.79 Å². The molecule has 0 bridgehead atoms. The standard InChI is InChI=1S/C14H19Cl2NO4/c1-20-9-10(4-6-18)17-14(19)5-7-21-11-2-3-12(15)13(16)8-11/h2-3,8,10,18H,4-7,9H2,1H3,(H,17,19). The van der Waals surface area contributed by atoms with E-state index >= 15 is 0 Å². The minimum absolute atomic E-state index is 0.00587. The van der Waals surface area contributed by atoms with Crippen LogP contribution >= 0.6 is 23.2 Å². The Morgan fingerprint density at radius 1 is 1.38 bits per heavy atom. The van der Waals surface area contributed by atoms with E-state index in [-0.39, 0.29) is 31.6 Å². The molecule has 0 spiro atoms. The van der Waals surface area contributed by atoms with E-state index in [1.54, 1.807) is 25.3 Å². The van der Waals surface area contributed by atoms with Crippen LogP contribution < -0.4 is 10.1 Å². The third kappa shape index (κ3) is 7.00. The fraction of sp³-hybridized carbons (Fsp3) is 0.500. The zero-order chi connectivity index (χ0) is 15.7. The molecule has 1 aromatic rings. The van der Waals surface area contributed by atoms with Crippen molar-refractivity contribution in [2.24, 2.45) is 0 Å². The number of rotatable bonds is 9. The Morgan fingerprint density at radius 2 is 2.14 bits per heavy atom. The van der Waals surface area contributed by atoms with Crippen LogP contribution in [0.2, 0.25) is 10.0 Å². The van der Waals surface area contributed by atoms with Gasteiger partial charge in [0.2, 0.25) is 5.91 Å². The fourth-order valence-corrected chi connectivity index (χ4v) is 1.97. The lowest BCUT2D eigenvalue weighted by molar-refractivity contribution is -0.122. The van der Waals surface area contributed by atoms with Gasteiger partial charge < -0.3 is 19.9 Å². The first-order valence-electron chi connectivity index (χ1n) is 6.53. The predicted molar refractivity (Wildman–Crippen MR) is 82.1 cm³/mol. The maximum atomic E-state index is 11.7. The first-order chi connectivity index (χ1) is 10.1. The average Bonchev–Trinajstić information content (AvgIpc) is 2.43. The van der Waals surface area contributed by atoms with E-state index in [4.69, 9.17) is 37.8 Å². The topological polar surface area (TPSA) is 67.8 Å². The molecule has 1 rings (SSSR count). The number of ether oxygens (including phenoxy) is 2. The summed E-state index contributed by atoms with van der Waals surface area (Å²) in [6.45, 7) is 0.580. The Morgan fingerprint density at radius 3 is 2.76 bits per heavy atom. The summed E-state index contributed by atoms with van der Waals surface area (Å²) in [7, 11) is 1.55. The molecule has 0 heterocycles. The van der Waals surface area contributed by atoms with Gasteiger partial charge >= 0.3 is 0 Å². The SMILES string of the molecule is COCC(CCO)NC(=O)CCOc1ccc(Cl)c(Cl)c1. The van der Waals surface area contributed by atoms with Gasteiger partial charge in [0.25, 0.3) is 0 Å². The van der Waals surface area contributed by atoms with Gasteiger partial charge in [-0.15, -0.1) is 0 Å². The van der Waals surface area contributed by atoms with Crippen molar-refractivity contribution in [2.75, 3.05) is 26.9 Å². The number of hydrogen-bond donors (Lipinski definition) is 2. The number of hydrogen-bond acceptors (Lipinski definition) is 4. The van der Waals surface area contributed by atoms with Crippen molar-refractivity contribution in [1.29, 1.82) is 0 Å². The second-order valence-electron chi connectivity index (χ2n) is 4.41.